The lowest BCUT2D eigenvalue weighted by Gasteiger charge is -2.45. The zero-order valence-electron chi connectivity index (χ0n) is 20.0. The number of ether oxygens (including phenoxy) is 5. The van der Waals surface area contributed by atoms with Crippen molar-refractivity contribution in [2.24, 2.45) is 0 Å². The van der Waals surface area contributed by atoms with Gasteiger partial charge < -0.3 is 44.1 Å². The van der Waals surface area contributed by atoms with Crippen molar-refractivity contribution < 1.29 is 53.1 Å². The van der Waals surface area contributed by atoms with Gasteiger partial charge in [-0.05, 0) is 25.1 Å². The Morgan fingerprint density at radius 3 is 1.80 bits per heavy atom. The zero-order chi connectivity index (χ0) is 26.3. The second-order valence-electron chi connectivity index (χ2n) is 8.23. The lowest BCUT2D eigenvalue weighted by atomic mass is 9.97. The van der Waals surface area contributed by atoms with Crippen LogP contribution >= 0.6 is 12.2 Å². The van der Waals surface area contributed by atoms with Crippen LogP contribution in [-0.2, 0) is 42.9 Å². The van der Waals surface area contributed by atoms with E-state index < -0.39 is 54.5 Å². The minimum absolute atomic E-state index is 0.0847. The normalized spacial score (nSPS) is 30.2. The number of carbonyl (C=O) groups is 4. The Bertz CT molecular complexity index is 798. The van der Waals surface area contributed by atoms with Crippen molar-refractivity contribution in [3.05, 3.63) is 0 Å². The molecule has 7 atom stereocenters. The number of esters is 4. The van der Waals surface area contributed by atoms with Gasteiger partial charge in [0.05, 0.1) is 25.3 Å². The third-order valence-corrected chi connectivity index (χ3v) is 5.86. The smallest absolute Gasteiger partial charge is 0.303 e. The molecule has 0 radical (unpaired) electrons. The summed E-state index contributed by atoms with van der Waals surface area (Å²) in [5.74, 6) is -2.86. The van der Waals surface area contributed by atoms with E-state index in [1.54, 1.807) is 4.90 Å². The number of likely N-dealkylation sites (tertiary alicyclic amines) is 1. The molecule has 3 N–H and O–H groups in total. The molecule has 198 valence electrons. The molecule has 2 unspecified atom stereocenters. The van der Waals surface area contributed by atoms with Crippen molar-refractivity contribution in [3.63, 3.8) is 0 Å². The minimum atomic E-state index is -1.34. The van der Waals surface area contributed by atoms with E-state index in [4.69, 9.17) is 35.9 Å². The summed E-state index contributed by atoms with van der Waals surface area (Å²) in [5.41, 5.74) is 0. The maximum atomic E-state index is 11.9. The van der Waals surface area contributed by atoms with Gasteiger partial charge in [-0.25, -0.2) is 0 Å². The molecule has 2 fully saturated rings. The number of hydrogen-bond donors (Lipinski definition) is 3. The third-order valence-electron chi connectivity index (χ3n) is 5.53. The number of aliphatic hydroxyl groups excluding tert-OH is 2. The van der Waals surface area contributed by atoms with Crippen molar-refractivity contribution in [3.8, 4) is 0 Å². The van der Waals surface area contributed by atoms with Crippen LogP contribution in [0.1, 0.15) is 40.5 Å². The molecule has 0 aromatic heterocycles. The van der Waals surface area contributed by atoms with Crippen LogP contribution in [0.3, 0.4) is 0 Å². The average Bonchev–Trinajstić information content (AvgIpc) is 3.19. The summed E-state index contributed by atoms with van der Waals surface area (Å²) < 4.78 is 27.1. The maximum absolute atomic E-state index is 11.9. The van der Waals surface area contributed by atoms with Crippen molar-refractivity contribution in [1.29, 1.82) is 0 Å². The van der Waals surface area contributed by atoms with Gasteiger partial charge in [-0.1, -0.05) is 0 Å². The largest absolute Gasteiger partial charge is 0.463 e. The highest BCUT2D eigenvalue weighted by atomic mass is 32.1. The predicted molar refractivity (Wildman–Crippen MR) is 121 cm³/mol. The summed E-state index contributed by atoms with van der Waals surface area (Å²) in [7, 11) is 0. The number of carbonyl (C=O) groups excluding carboxylic acids is 4. The van der Waals surface area contributed by atoms with Crippen LogP contribution in [0.4, 0.5) is 0 Å². The molecular weight excluding hydrogens is 488 g/mol. The van der Waals surface area contributed by atoms with E-state index in [9.17, 15) is 29.4 Å². The maximum Gasteiger partial charge on any atom is 0.303 e. The second-order valence-corrected chi connectivity index (χ2v) is 8.61. The van der Waals surface area contributed by atoms with E-state index in [1.165, 1.54) is 6.92 Å². The Hall–Kier alpha value is -2.55. The molecule has 0 spiro atoms. The van der Waals surface area contributed by atoms with E-state index in [2.05, 4.69) is 5.32 Å². The monoisotopic (exact) mass is 520 g/mol. The van der Waals surface area contributed by atoms with Crippen molar-refractivity contribution in [2.45, 2.75) is 83.3 Å². The van der Waals surface area contributed by atoms with Gasteiger partial charge >= 0.3 is 23.9 Å². The summed E-state index contributed by atoms with van der Waals surface area (Å²) >= 11 is 5.51. The van der Waals surface area contributed by atoms with E-state index >= 15 is 0 Å². The Kier molecular flexibility index (Phi) is 10.6. The van der Waals surface area contributed by atoms with Gasteiger partial charge in [0.2, 0.25) is 0 Å². The van der Waals surface area contributed by atoms with E-state index in [0.29, 0.717) is 12.8 Å². The van der Waals surface area contributed by atoms with E-state index in [0.717, 1.165) is 20.8 Å². The molecule has 2 saturated heterocycles. The van der Waals surface area contributed by atoms with Gasteiger partial charge in [-0.2, -0.15) is 0 Å². The van der Waals surface area contributed by atoms with Gasteiger partial charge in [0.1, 0.15) is 12.7 Å². The molecular formula is C21H32N2O11S. The predicted octanol–water partition coefficient (Wildman–Crippen LogP) is -1.24. The molecule has 2 aliphatic rings. The molecule has 2 aliphatic heterocycles. The van der Waals surface area contributed by atoms with E-state index in [-0.39, 0.29) is 37.0 Å². The number of thiocarbonyl (C=S) groups is 1. The molecule has 2 rings (SSSR count). The molecule has 0 amide bonds. The quantitative estimate of drug-likeness (QED) is 0.197. The van der Waals surface area contributed by atoms with Crippen LogP contribution in [-0.4, -0.2) is 107 Å². The van der Waals surface area contributed by atoms with Gasteiger partial charge in [-0.3, -0.25) is 19.2 Å². The van der Waals surface area contributed by atoms with E-state index in [1.807, 2.05) is 0 Å². The van der Waals surface area contributed by atoms with Crippen LogP contribution in [0.5, 0.6) is 0 Å². The number of hydrogen-bond acceptors (Lipinski definition) is 12. The van der Waals surface area contributed by atoms with Crippen LogP contribution in [0.15, 0.2) is 0 Å². The van der Waals surface area contributed by atoms with Crippen molar-refractivity contribution >= 4 is 41.2 Å². The Morgan fingerprint density at radius 2 is 1.34 bits per heavy atom. The molecule has 0 saturated carbocycles. The highest BCUT2D eigenvalue weighted by Crippen LogP contribution is 2.30. The lowest BCUT2D eigenvalue weighted by Crippen LogP contribution is -2.67. The van der Waals surface area contributed by atoms with Gasteiger partial charge in [0, 0.05) is 27.7 Å². The van der Waals surface area contributed by atoms with Crippen LogP contribution < -0.4 is 5.32 Å². The van der Waals surface area contributed by atoms with Gasteiger partial charge in [0.25, 0.3) is 0 Å². The summed E-state index contributed by atoms with van der Waals surface area (Å²) in [6.45, 7) is 3.78. The number of aliphatic hydroxyl groups is 2. The summed E-state index contributed by atoms with van der Waals surface area (Å²) in [5, 5.41) is 22.5. The first kappa shape index (κ1) is 28.7. The van der Waals surface area contributed by atoms with Crippen LogP contribution in [0.25, 0.3) is 0 Å². The second kappa shape index (κ2) is 13.0. The molecule has 0 bridgehead atoms. The number of nitrogens with zero attached hydrogens (tertiary/aromatic N) is 1. The van der Waals surface area contributed by atoms with Gasteiger partial charge in [-0.15, -0.1) is 0 Å². The fourth-order valence-corrected chi connectivity index (χ4v) is 4.61. The fourth-order valence-electron chi connectivity index (χ4n) is 4.19. The minimum Gasteiger partial charge on any atom is -0.463 e. The summed E-state index contributed by atoms with van der Waals surface area (Å²) in [6, 6.07) is -0.726. The standard InChI is InChI=1S/C21H32N2O11S/c1-10(26)30-9-16-17(31-11(2)27)18(32-12(3)28)19(33-13(4)29)20(34-16)22-21(35)23-14(7-24)5-6-15(23)8-25/h14-20,24-25H,5-9H2,1-4H3,(H,22,35)/t14?,15?,16-,17-,18+,19-,20-/m1/s1. The Morgan fingerprint density at radius 1 is 0.857 bits per heavy atom. The van der Waals surface area contributed by atoms with Crippen LogP contribution in [0.2, 0.25) is 0 Å². The fraction of sp³-hybridized carbons (Fsp3) is 0.762. The number of nitrogens with one attached hydrogen (secondary N) is 1. The Balaban J connectivity index is 2.42. The summed E-state index contributed by atoms with van der Waals surface area (Å²) in [6.07, 6.45) is -5.13. The van der Waals surface area contributed by atoms with Crippen LogP contribution in [0, 0.1) is 0 Å². The molecule has 14 heteroatoms. The molecule has 13 nitrogen and oxygen atoms in total. The Labute approximate surface area is 207 Å². The highest BCUT2D eigenvalue weighted by Gasteiger charge is 2.53. The first-order valence-electron chi connectivity index (χ1n) is 11.1. The summed E-state index contributed by atoms with van der Waals surface area (Å²) in [4.78, 5) is 48.7. The lowest BCUT2D eigenvalue weighted by molar-refractivity contribution is -0.255. The van der Waals surface area contributed by atoms with Gasteiger partial charge in [0.15, 0.2) is 29.7 Å². The first-order chi connectivity index (χ1) is 16.5. The SMILES string of the molecule is CC(=O)OC[C@H]1O[C@@H](NC(=S)N2C(CO)CCC2CO)[C@H](OC(C)=O)[C@@H](OC(C)=O)[C@@H]1OC(C)=O. The molecule has 0 aliphatic carbocycles. The molecule has 2 heterocycles. The average molecular weight is 521 g/mol. The zero-order valence-corrected chi connectivity index (χ0v) is 20.8. The molecule has 35 heavy (non-hydrogen) atoms. The topological polar surface area (TPSA) is 170 Å². The van der Waals surface area contributed by atoms with Crippen molar-refractivity contribution in [2.75, 3.05) is 19.8 Å². The first-order valence-corrected chi connectivity index (χ1v) is 11.5. The third kappa shape index (κ3) is 7.72. The highest BCUT2D eigenvalue weighted by molar-refractivity contribution is 7.80. The molecule has 0 aromatic carbocycles. The molecule has 0 aromatic rings. The van der Waals surface area contributed by atoms with Crippen molar-refractivity contribution in [1.82, 2.24) is 10.2 Å². The number of rotatable bonds is 8.